The summed E-state index contributed by atoms with van der Waals surface area (Å²) >= 11 is 0. The molecule has 0 radical (unpaired) electrons. The number of morpholine rings is 1. The molecule has 0 unspecified atom stereocenters. The second kappa shape index (κ2) is 7.19. The summed E-state index contributed by atoms with van der Waals surface area (Å²) in [6, 6.07) is 7.59. The van der Waals surface area contributed by atoms with Gasteiger partial charge in [0.25, 0.3) is 0 Å². The van der Waals surface area contributed by atoms with Crippen molar-refractivity contribution in [3.63, 3.8) is 0 Å². The van der Waals surface area contributed by atoms with E-state index in [2.05, 4.69) is 14.5 Å². The lowest BCUT2D eigenvalue weighted by molar-refractivity contribution is -0.0567. The van der Waals surface area contributed by atoms with Gasteiger partial charge in [0.2, 0.25) is 0 Å². The first kappa shape index (κ1) is 17.2. The van der Waals surface area contributed by atoms with Gasteiger partial charge in [-0.2, -0.15) is 0 Å². The molecule has 2 fully saturated rings. The minimum atomic E-state index is -0.945. The Morgan fingerprint density at radius 2 is 2.12 bits per heavy atom. The maximum absolute atomic E-state index is 11.6. The SMILES string of the molecule is O=C(O)c1ccccc1-c1nccn1[C@H]1C[C@H]2CO[C@@H](CCO)CN2C1. The predicted octanol–water partition coefficient (Wildman–Crippen LogP) is 1.64. The highest BCUT2D eigenvalue weighted by molar-refractivity contribution is 5.95. The van der Waals surface area contributed by atoms with Crippen LogP contribution in [0.15, 0.2) is 36.7 Å². The molecule has 0 saturated carbocycles. The highest BCUT2D eigenvalue weighted by atomic mass is 16.5. The van der Waals surface area contributed by atoms with Crippen LogP contribution < -0.4 is 0 Å². The minimum Gasteiger partial charge on any atom is -0.478 e. The summed E-state index contributed by atoms with van der Waals surface area (Å²) in [6.45, 7) is 2.53. The van der Waals surface area contributed by atoms with Crippen LogP contribution in [0.5, 0.6) is 0 Å². The third-order valence-electron chi connectivity index (χ3n) is 5.38. The van der Waals surface area contributed by atoms with Crippen LogP contribution in [0, 0.1) is 0 Å². The number of carboxylic acids is 1. The van der Waals surface area contributed by atoms with Crippen LogP contribution >= 0.6 is 0 Å². The van der Waals surface area contributed by atoms with E-state index in [0.29, 0.717) is 30.5 Å². The van der Waals surface area contributed by atoms with Crippen LogP contribution in [-0.2, 0) is 4.74 Å². The van der Waals surface area contributed by atoms with Crippen LogP contribution in [0.1, 0.15) is 29.2 Å². The summed E-state index contributed by atoms with van der Waals surface area (Å²) in [6.07, 6.45) is 5.37. The molecular weight excluding hydrogens is 334 g/mol. The van der Waals surface area contributed by atoms with Crippen LogP contribution in [-0.4, -0.2) is 69.1 Å². The summed E-state index contributed by atoms with van der Waals surface area (Å²) in [5.41, 5.74) is 0.909. The second-order valence-corrected chi connectivity index (χ2v) is 6.97. The normalized spacial score (nSPS) is 26.0. The maximum atomic E-state index is 11.6. The van der Waals surface area contributed by atoms with Gasteiger partial charge in [0.05, 0.1) is 18.3 Å². The number of carbonyl (C=O) groups is 1. The molecule has 1 aromatic carbocycles. The summed E-state index contributed by atoms with van der Waals surface area (Å²) in [7, 11) is 0. The zero-order valence-electron chi connectivity index (χ0n) is 14.5. The number of aromatic carboxylic acids is 1. The van der Waals surface area contributed by atoms with Gasteiger partial charge in [-0.15, -0.1) is 0 Å². The van der Waals surface area contributed by atoms with E-state index >= 15 is 0 Å². The van der Waals surface area contributed by atoms with E-state index in [1.54, 1.807) is 18.3 Å². The van der Waals surface area contributed by atoms with Crippen molar-refractivity contribution >= 4 is 5.97 Å². The number of aliphatic hydroxyl groups is 1. The molecular formula is C19H23N3O4. The van der Waals surface area contributed by atoms with Crippen molar-refractivity contribution in [2.45, 2.75) is 31.0 Å². The largest absolute Gasteiger partial charge is 0.478 e. The van der Waals surface area contributed by atoms with E-state index in [4.69, 9.17) is 9.84 Å². The Morgan fingerprint density at radius 1 is 1.27 bits per heavy atom. The van der Waals surface area contributed by atoms with Crippen molar-refractivity contribution in [2.75, 3.05) is 26.3 Å². The molecule has 2 aliphatic rings. The first-order valence-corrected chi connectivity index (χ1v) is 8.99. The molecule has 3 heterocycles. The van der Waals surface area contributed by atoms with Gasteiger partial charge in [0, 0.05) is 49.7 Å². The summed E-state index contributed by atoms with van der Waals surface area (Å²) < 4.78 is 7.96. The fourth-order valence-corrected chi connectivity index (χ4v) is 4.12. The molecule has 0 spiro atoms. The number of imidazole rings is 1. The first-order valence-electron chi connectivity index (χ1n) is 8.99. The number of fused-ring (bicyclic) bond motifs is 1. The van der Waals surface area contributed by atoms with Crippen LogP contribution in [0.3, 0.4) is 0 Å². The van der Waals surface area contributed by atoms with Crippen molar-refractivity contribution in [1.29, 1.82) is 0 Å². The van der Waals surface area contributed by atoms with E-state index in [1.807, 2.05) is 18.3 Å². The number of benzene rings is 1. The van der Waals surface area contributed by atoms with Gasteiger partial charge in [0.1, 0.15) is 5.82 Å². The zero-order chi connectivity index (χ0) is 18.1. The summed E-state index contributed by atoms with van der Waals surface area (Å²) in [4.78, 5) is 18.4. The molecule has 2 aromatic rings. The van der Waals surface area contributed by atoms with Gasteiger partial charge >= 0.3 is 5.97 Å². The maximum Gasteiger partial charge on any atom is 0.336 e. The Kier molecular flexibility index (Phi) is 4.76. The molecule has 2 saturated heterocycles. The van der Waals surface area contributed by atoms with Crippen molar-refractivity contribution in [3.05, 3.63) is 42.2 Å². The monoisotopic (exact) mass is 357 g/mol. The van der Waals surface area contributed by atoms with Gasteiger partial charge in [-0.25, -0.2) is 9.78 Å². The molecule has 0 amide bonds. The fraction of sp³-hybridized carbons (Fsp3) is 0.474. The minimum absolute atomic E-state index is 0.0880. The Labute approximate surface area is 151 Å². The molecule has 138 valence electrons. The summed E-state index contributed by atoms with van der Waals surface area (Å²) in [5.74, 6) is -0.250. The smallest absolute Gasteiger partial charge is 0.336 e. The first-order chi connectivity index (χ1) is 12.7. The van der Waals surface area contributed by atoms with E-state index < -0.39 is 5.97 Å². The third-order valence-corrected chi connectivity index (χ3v) is 5.38. The second-order valence-electron chi connectivity index (χ2n) is 6.97. The predicted molar refractivity (Wildman–Crippen MR) is 95.1 cm³/mol. The Bertz CT molecular complexity index is 791. The highest BCUT2D eigenvalue weighted by Crippen LogP contribution is 2.34. The van der Waals surface area contributed by atoms with Crippen LogP contribution in [0.4, 0.5) is 0 Å². The number of carboxylic acid groups (broad SMARTS) is 1. The molecule has 7 heteroatoms. The van der Waals surface area contributed by atoms with Gasteiger partial charge in [-0.05, 0) is 18.9 Å². The fourth-order valence-electron chi connectivity index (χ4n) is 4.12. The Balaban J connectivity index is 1.58. The number of ether oxygens (including phenoxy) is 1. The number of hydrogen-bond donors (Lipinski definition) is 2. The molecule has 3 atom stereocenters. The lowest BCUT2D eigenvalue weighted by Crippen LogP contribution is -2.46. The summed E-state index contributed by atoms with van der Waals surface area (Å²) in [5, 5.41) is 18.6. The van der Waals surface area contributed by atoms with Crippen molar-refractivity contribution < 1.29 is 19.7 Å². The van der Waals surface area contributed by atoms with Gasteiger partial charge in [-0.1, -0.05) is 18.2 Å². The van der Waals surface area contributed by atoms with Crippen molar-refractivity contribution in [3.8, 4) is 11.4 Å². The van der Waals surface area contributed by atoms with E-state index in [-0.39, 0.29) is 24.3 Å². The number of nitrogens with zero attached hydrogens (tertiary/aromatic N) is 3. The molecule has 0 aliphatic carbocycles. The average Bonchev–Trinajstić information content (AvgIpc) is 3.28. The quantitative estimate of drug-likeness (QED) is 0.846. The molecule has 0 bridgehead atoms. The Morgan fingerprint density at radius 3 is 2.92 bits per heavy atom. The average molecular weight is 357 g/mol. The number of rotatable bonds is 5. The topological polar surface area (TPSA) is 87.8 Å². The number of aliphatic hydroxyl groups excluding tert-OH is 1. The zero-order valence-corrected chi connectivity index (χ0v) is 14.5. The van der Waals surface area contributed by atoms with Gasteiger partial charge in [-0.3, -0.25) is 4.90 Å². The highest BCUT2D eigenvalue weighted by Gasteiger charge is 2.38. The third kappa shape index (κ3) is 3.13. The number of aromatic nitrogens is 2. The molecule has 26 heavy (non-hydrogen) atoms. The lowest BCUT2D eigenvalue weighted by Gasteiger charge is -2.34. The Hall–Kier alpha value is -2.22. The molecule has 1 aromatic heterocycles. The molecule has 2 aliphatic heterocycles. The van der Waals surface area contributed by atoms with Gasteiger partial charge < -0.3 is 19.5 Å². The van der Waals surface area contributed by atoms with Crippen LogP contribution in [0.2, 0.25) is 0 Å². The van der Waals surface area contributed by atoms with E-state index in [9.17, 15) is 9.90 Å². The lowest BCUT2D eigenvalue weighted by atomic mass is 10.1. The standard InChI is InChI=1S/C19H23N3O4/c23-8-5-15-11-21-10-13(9-14(21)12-26-15)22-7-6-20-18(22)16-3-1-2-4-17(16)19(24)25/h1-4,6-7,13-15,23H,5,8-12H2,(H,24,25)/t13-,14-,15-/m0/s1. The van der Waals surface area contributed by atoms with E-state index in [0.717, 1.165) is 19.5 Å². The van der Waals surface area contributed by atoms with Crippen molar-refractivity contribution in [1.82, 2.24) is 14.5 Å². The van der Waals surface area contributed by atoms with Crippen molar-refractivity contribution in [2.24, 2.45) is 0 Å². The number of hydrogen-bond acceptors (Lipinski definition) is 5. The molecule has 7 nitrogen and oxygen atoms in total. The van der Waals surface area contributed by atoms with Gasteiger partial charge in [0.15, 0.2) is 0 Å². The van der Waals surface area contributed by atoms with Crippen LogP contribution in [0.25, 0.3) is 11.4 Å². The molecule has 4 rings (SSSR count). The molecule has 2 N–H and O–H groups in total. The van der Waals surface area contributed by atoms with E-state index in [1.165, 1.54) is 0 Å².